The first kappa shape index (κ1) is 16.5. The van der Waals surface area contributed by atoms with Gasteiger partial charge in [-0.15, -0.1) is 0 Å². The first-order valence-corrected chi connectivity index (χ1v) is 7.25. The lowest BCUT2D eigenvalue weighted by atomic mass is 10.1. The highest BCUT2D eigenvalue weighted by Gasteiger charge is 2.14. The number of nitrogens with one attached hydrogen (secondary N) is 1. The summed E-state index contributed by atoms with van der Waals surface area (Å²) in [4.78, 5) is 37.2. The number of aryl methyl sites for hydroxylation is 1. The third kappa shape index (κ3) is 4.29. The monoisotopic (exact) mass is 313 g/mol. The molecule has 6 nitrogen and oxygen atoms in total. The molecule has 1 N–H and O–H groups in total. The SMILES string of the molecule is CN(C)C(=O)c1ccccc1NC(=O)CCn1ccccc1=O. The highest BCUT2D eigenvalue weighted by molar-refractivity contribution is 6.03. The Hall–Kier alpha value is -2.89. The maximum absolute atomic E-state index is 12.1. The van der Waals surface area contributed by atoms with E-state index < -0.39 is 0 Å². The molecule has 120 valence electrons. The zero-order valence-electron chi connectivity index (χ0n) is 13.2. The van der Waals surface area contributed by atoms with E-state index in [0.29, 0.717) is 11.3 Å². The third-order valence-corrected chi connectivity index (χ3v) is 3.32. The van der Waals surface area contributed by atoms with E-state index in [0.717, 1.165) is 0 Å². The summed E-state index contributed by atoms with van der Waals surface area (Å²) in [5.41, 5.74) is 0.753. The number of carbonyl (C=O) groups excluding carboxylic acids is 2. The number of aromatic nitrogens is 1. The van der Waals surface area contributed by atoms with Gasteiger partial charge < -0.3 is 14.8 Å². The van der Waals surface area contributed by atoms with Gasteiger partial charge in [0.05, 0.1) is 11.3 Å². The van der Waals surface area contributed by atoms with Gasteiger partial charge in [0.1, 0.15) is 0 Å². The quantitative estimate of drug-likeness (QED) is 0.911. The highest BCUT2D eigenvalue weighted by atomic mass is 16.2. The predicted molar refractivity (Wildman–Crippen MR) is 88.4 cm³/mol. The Morgan fingerprint density at radius 3 is 2.48 bits per heavy atom. The number of amides is 2. The van der Waals surface area contributed by atoms with Crippen molar-refractivity contribution in [2.24, 2.45) is 0 Å². The fourth-order valence-electron chi connectivity index (χ4n) is 2.10. The van der Waals surface area contributed by atoms with Gasteiger partial charge in [-0.05, 0) is 18.2 Å². The van der Waals surface area contributed by atoms with Gasteiger partial charge in [-0.2, -0.15) is 0 Å². The molecule has 0 aliphatic heterocycles. The van der Waals surface area contributed by atoms with Crippen molar-refractivity contribution in [2.45, 2.75) is 13.0 Å². The van der Waals surface area contributed by atoms with Crippen molar-refractivity contribution in [3.05, 3.63) is 64.6 Å². The van der Waals surface area contributed by atoms with Gasteiger partial charge in [0.15, 0.2) is 0 Å². The summed E-state index contributed by atoms with van der Waals surface area (Å²) < 4.78 is 1.47. The number of nitrogens with zero attached hydrogens (tertiary/aromatic N) is 2. The van der Waals surface area contributed by atoms with Crippen molar-refractivity contribution in [1.29, 1.82) is 0 Å². The molecule has 6 heteroatoms. The minimum Gasteiger partial charge on any atom is -0.345 e. The summed E-state index contributed by atoms with van der Waals surface area (Å²) in [5, 5.41) is 2.73. The van der Waals surface area contributed by atoms with Crippen LogP contribution in [0, 0.1) is 0 Å². The molecular weight excluding hydrogens is 294 g/mol. The van der Waals surface area contributed by atoms with E-state index in [4.69, 9.17) is 0 Å². The Kier molecular flexibility index (Phi) is 5.30. The van der Waals surface area contributed by atoms with Crippen LogP contribution in [0.15, 0.2) is 53.5 Å². The van der Waals surface area contributed by atoms with Gasteiger partial charge >= 0.3 is 0 Å². The minimum absolute atomic E-state index is 0.147. The molecule has 0 radical (unpaired) electrons. The molecule has 0 bridgehead atoms. The van der Waals surface area contributed by atoms with E-state index in [-0.39, 0.29) is 30.3 Å². The second-order valence-corrected chi connectivity index (χ2v) is 5.28. The lowest BCUT2D eigenvalue weighted by Crippen LogP contribution is -2.25. The van der Waals surface area contributed by atoms with Crippen LogP contribution in [0.2, 0.25) is 0 Å². The van der Waals surface area contributed by atoms with Gasteiger partial charge in [0.2, 0.25) is 5.91 Å². The number of rotatable bonds is 5. The van der Waals surface area contributed by atoms with Crippen molar-refractivity contribution in [3.63, 3.8) is 0 Å². The Morgan fingerprint density at radius 1 is 1.09 bits per heavy atom. The molecule has 2 aromatic rings. The Labute approximate surface area is 134 Å². The predicted octanol–water partition coefficient (Wildman–Crippen LogP) is 1.58. The molecule has 0 spiro atoms. The molecule has 1 aromatic heterocycles. The van der Waals surface area contributed by atoms with Crippen molar-refractivity contribution >= 4 is 17.5 Å². The third-order valence-electron chi connectivity index (χ3n) is 3.32. The Bertz CT molecular complexity index is 765. The van der Waals surface area contributed by atoms with Crippen molar-refractivity contribution in [1.82, 2.24) is 9.47 Å². The average molecular weight is 313 g/mol. The van der Waals surface area contributed by atoms with E-state index in [1.54, 1.807) is 56.7 Å². The number of para-hydroxylation sites is 1. The lowest BCUT2D eigenvalue weighted by molar-refractivity contribution is -0.116. The molecule has 0 aliphatic rings. The maximum Gasteiger partial charge on any atom is 0.255 e. The molecule has 1 heterocycles. The van der Waals surface area contributed by atoms with Crippen LogP contribution in [0.3, 0.4) is 0 Å². The fourth-order valence-corrected chi connectivity index (χ4v) is 2.10. The standard InChI is InChI=1S/C17H19N3O3/c1-19(2)17(23)13-7-3-4-8-14(13)18-15(21)10-12-20-11-6-5-9-16(20)22/h3-9,11H,10,12H2,1-2H3,(H,18,21). The molecule has 0 fully saturated rings. The summed E-state index contributed by atoms with van der Waals surface area (Å²) in [5.74, 6) is -0.431. The van der Waals surface area contributed by atoms with E-state index in [1.807, 2.05) is 0 Å². The Balaban J connectivity index is 2.05. The van der Waals surface area contributed by atoms with Crippen LogP contribution in [0.5, 0.6) is 0 Å². The van der Waals surface area contributed by atoms with E-state index in [2.05, 4.69) is 5.32 Å². The van der Waals surface area contributed by atoms with Gasteiger partial charge in [-0.1, -0.05) is 18.2 Å². The number of pyridine rings is 1. The smallest absolute Gasteiger partial charge is 0.255 e. The minimum atomic E-state index is -0.250. The van der Waals surface area contributed by atoms with Gasteiger partial charge in [0.25, 0.3) is 11.5 Å². The fraction of sp³-hybridized carbons (Fsp3) is 0.235. The largest absolute Gasteiger partial charge is 0.345 e. The van der Waals surface area contributed by atoms with Crippen LogP contribution in [-0.2, 0) is 11.3 Å². The molecule has 2 amide bonds. The summed E-state index contributed by atoms with van der Waals surface area (Å²) in [7, 11) is 3.31. The molecule has 1 aromatic carbocycles. The van der Waals surface area contributed by atoms with Gasteiger partial charge in [0, 0.05) is 39.3 Å². The van der Waals surface area contributed by atoms with Crippen molar-refractivity contribution < 1.29 is 9.59 Å². The van der Waals surface area contributed by atoms with Crippen LogP contribution in [0.25, 0.3) is 0 Å². The maximum atomic E-state index is 12.1. The van der Waals surface area contributed by atoms with Gasteiger partial charge in [-0.25, -0.2) is 0 Å². The molecule has 0 unspecified atom stereocenters. The topological polar surface area (TPSA) is 71.4 Å². The van der Waals surface area contributed by atoms with Gasteiger partial charge in [-0.3, -0.25) is 14.4 Å². The average Bonchev–Trinajstić information content (AvgIpc) is 2.54. The molecule has 0 saturated heterocycles. The molecule has 23 heavy (non-hydrogen) atoms. The van der Waals surface area contributed by atoms with E-state index >= 15 is 0 Å². The molecule has 2 rings (SSSR count). The van der Waals surface area contributed by atoms with Crippen LogP contribution in [0.1, 0.15) is 16.8 Å². The van der Waals surface area contributed by atoms with Crippen LogP contribution in [-0.4, -0.2) is 35.4 Å². The second kappa shape index (κ2) is 7.40. The zero-order chi connectivity index (χ0) is 16.8. The first-order valence-electron chi connectivity index (χ1n) is 7.25. The number of hydrogen-bond acceptors (Lipinski definition) is 3. The van der Waals surface area contributed by atoms with E-state index in [9.17, 15) is 14.4 Å². The second-order valence-electron chi connectivity index (χ2n) is 5.28. The molecule has 0 aliphatic carbocycles. The number of benzene rings is 1. The number of hydrogen-bond donors (Lipinski definition) is 1. The summed E-state index contributed by atoms with van der Waals surface area (Å²) in [6, 6.07) is 11.7. The highest BCUT2D eigenvalue weighted by Crippen LogP contribution is 2.16. The molecule has 0 atom stereocenters. The lowest BCUT2D eigenvalue weighted by Gasteiger charge is -2.14. The van der Waals surface area contributed by atoms with E-state index in [1.165, 1.54) is 15.5 Å². The summed E-state index contributed by atoms with van der Waals surface area (Å²) in [6.45, 7) is 0.287. The number of carbonyl (C=O) groups is 2. The number of anilines is 1. The van der Waals surface area contributed by atoms with Crippen LogP contribution in [0.4, 0.5) is 5.69 Å². The normalized spacial score (nSPS) is 10.2. The van der Waals surface area contributed by atoms with Crippen molar-refractivity contribution in [3.8, 4) is 0 Å². The summed E-state index contributed by atoms with van der Waals surface area (Å²) >= 11 is 0. The van der Waals surface area contributed by atoms with Crippen LogP contribution < -0.4 is 10.9 Å². The molecule has 0 saturated carbocycles. The zero-order valence-corrected chi connectivity index (χ0v) is 13.2. The molecular formula is C17H19N3O3. The van der Waals surface area contributed by atoms with Crippen LogP contribution >= 0.6 is 0 Å². The van der Waals surface area contributed by atoms with Crippen molar-refractivity contribution in [2.75, 3.05) is 19.4 Å². The summed E-state index contributed by atoms with van der Waals surface area (Å²) in [6.07, 6.45) is 1.79. The first-order chi connectivity index (χ1) is 11.0. The Morgan fingerprint density at radius 2 is 1.78 bits per heavy atom.